The van der Waals surface area contributed by atoms with Crippen molar-refractivity contribution >= 4 is 5.82 Å². The fourth-order valence-electron chi connectivity index (χ4n) is 2.92. The van der Waals surface area contributed by atoms with Crippen LogP contribution in [-0.2, 0) is 6.61 Å². The van der Waals surface area contributed by atoms with Crippen molar-refractivity contribution in [3.05, 3.63) is 78.1 Å². The Morgan fingerprint density at radius 2 is 1.70 bits per heavy atom. The van der Waals surface area contributed by atoms with Gasteiger partial charge in [-0.05, 0) is 30.7 Å². The minimum atomic E-state index is 0.367. The Labute approximate surface area is 157 Å². The molecule has 4 rings (SSSR count). The van der Waals surface area contributed by atoms with Crippen molar-refractivity contribution in [2.75, 3.05) is 5.73 Å². The van der Waals surface area contributed by atoms with Gasteiger partial charge in [0.2, 0.25) is 0 Å². The first-order chi connectivity index (χ1) is 13.2. The Kier molecular flexibility index (Phi) is 4.53. The molecular weight excluding hydrogens is 338 g/mol. The van der Waals surface area contributed by atoms with Crippen LogP contribution in [0.4, 0.5) is 5.82 Å². The summed E-state index contributed by atoms with van der Waals surface area (Å²) in [4.78, 5) is 0. The van der Waals surface area contributed by atoms with Crippen LogP contribution in [0.3, 0.4) is 0 Å². The summed E-state index contributed by atoms with van der Waals surface area (Å²) < 4.78 is 6.04. The number of H-pyrrole nitrogens is 1. The third kappa shape index (κ3) is 3.50. The molecule has 0 spiro atoms. The van der Waals surface area contributed by atoms with E-state index in [2.05, 4.69) is 20.4 Å². The molecular formula is C21H19N5O. The highest BCUT2D eigenvalue weighted by atomic mass is 16.5. The Bertz CT molecular complexity index is 1060. The molecule has 0 atom stereocenters. The van der Waals surface area contributed by atoms with E-state index in [0.29, 0.717) is 18.1 Å². The first kappa shape index (κ1) is 16.8. The van der Waals surface area contributed by atoms with Gasteiger partial charge < -0.3 is 10.5 Å². The third-order valence-electron chi connectivity index (χ3n) is 4.34. The minimum Gasteiger partial charge on any atom is -0.488 e. The third-order valence-corrected chi connectivity index (χ3v) is 4.34. The van der Waals surface area contributed by atoms with E-state index in [-0.39, 0.29) is 0 Å². The molecule has 0 radical (unpaired) electrons. The van der Waals surface area contributed by atoms with E-state index >= 15 is 0 Å². The summed E-state index contributed by atoms with van der Waals surface area (Å²) in [6.07, 6.45) is 1.81. The zero-order valence-corrected chi connectivity index (χ0v) is 14.9. The van der Waals surface area contributed by atoms with Gasteiger partial charge in [-0.3, -0.25) is 5.10 Å². The summed E-state index contributed by atoms with van der Waals surface area (Å²) in [5.74, 6) is 1.11. The Balaban J connectivity index is 1.69. The number of nitrogens with two attached hydrogens (primary N) is 1. The van der Waals surface area contributed by atoms with Crippen LogP contribution in [0.25, 0.3) is 22.4 Å². The van der Waals surface area contributed by atoms with Crippen molar-refractivity contribution in [2.24, 2.45) is 0 Å². The number of ether oxygens (including phenoxy) is 1. The van der Waals surface area contributed by atoms with Crippen molar-refractivity contribution in [1.82, 2.24) is 20.4 Å². The standard InChI is InChI=1S/C21H19N5O/c1-14-18(12-23-24-14)17-11-19(25-26-21(17)22)16-9-5-6-10-20(16)27-13-15-7-3-2-4-8-15/h2-12H,13H2,1H3,(H2,22,26)(H,23,24). The summed E-state index contributed by atoms with van der Waals surface area (Å²) >= 11 is 0. The van der Waals surface area contributed by atoms with Gasteiger partial charge in [-0.15, -0.1) is 10.2 Å². The molecule has 0 aliphatic carbocycles. The Hall–Kier alpha value is -3.67. The van der Waals surface area contributed by atoms with Gasteiger partial charge in [-0.25, -0.2) is 0 Å². The van der Waals surface area contributed by atoms with Crippen LogP contribution in [-0.4, -0.2) is 20.4 Å². The maximum Gasteiger partial charge on any atom is 0.154 e. The molecule has 4 aromatic rings. The summed E-state index contributed by atoms with van der Waals surface area (Å²) in [6, 6.07) is 19.8. The second-order valence-electron chi connectivity index (χ2n) is 6.18. The van der Waals surface area contributed by atoms with Crippen LogP contribution in [0.1, 0.15) is 11.3 Å². The first-order valence-electron chi connectivity index (χ1n) is 8.62. The molecule has 0 fully saturated rings. The van der Waals surface area contributed by atoms with E-state index in [1.165, 1.54) is 0 Å². The molecule has 0 saturated heterocycles. The van der Waals surface area contributed by atoms with Crippen molar-refractivity contribution < 1.29 is 4.74 Å². The van der Waals surface area contributed by atoms with Crippen LogP contribution >= 0.6 is 0 Å². The molecule has 0 unspecified atom stereocenters. The molecule has 2 aromatic heterocycles. The SMILES string of the molecule is Cc1n[nH]cc1-c1cc(-c2ccccc2OCc2ccccc2)nnc1N. The summed E-state index contributed by atoms with van der Waals surface area (Å²) in [6.45, 7) is 2.40. The van der Waals surface area contributed by atoms with E-state index < -0.39 is 0 Å². The number of aromatic amines is 1. The number of benzene rings is 2. The van der Waals surface area contributed by atoms with Gasteiger partial charge in [0.25, 0.3) is 0 Å². The van der Waals surface area contributed by atoms with Crippen LogP contribution in [0.15, 0.2) is 66.9 Å². The highest BCUT2D eigenvalue weighted by Gasteiger charge is 2.14. The number of nitrogens with one attached hydrogen (secondary N) is 1. The lowest BCUT2D eigenvalue weighted by Gasteiger charge is -2.12. The fourth-order valence-corrected chi connectivity index (χ4v) is 2.92. The van der Waals surface area contributed by atoms with Crippen molar-refractivity contribution in [2.45, 2.75) is 13.5 Å². The van der Waals surface area contributed by atoms with Gasteiger partial charge in [0.1, 0.15) is 12.4 Å². The molecule has 6 heteroatoms. The Morgan fingerprint density at radius 3 is 2.48 bits per heavy atom. The van der Waals surface area contributed by atoms with Crippen LogP contribution in [0, 0.1) is 6.92 Å². The van der Waals surface area contributed by atoms with E-state index in [1.807, 2.05) is 73.8 Å². The van der Waals surface area contributed by atoms with E-state index in [9.17, 15) is 0 Å². The maximum absolute atomic E-state index is 6.05. The number of hydrogen-bond acceptors (Lipinski definition) is 5. The van der Waals surface area contributed by atoms with E-state index in [1.54, 1.807) is 0 Å². The van der Waals surface area contributed by atoms with Crippen molar-refractivity contribution in [1.29, 1.82) is 0 Å². The van der Waals surface area contributed by atoms with Crippen LogP contribution < -0.4 is 10.5 Å². The number of nitrogen functional groups attached to an aromatic ring is 1. The average Bonchev–Trinajstić information content (AvgIpc) is 3.13. The lowest BCUT2D eigenvalue weighted by molar-refractivity contribution is 0.307. The zero-order valence-electron chi connectivity index (χ0n) is 14.9. The van der Waals surface area contributed by atoms with Crippen LogP contribution in [0.5, 0.6) is 5.75 Å². The molecule has 0 aliphatic rings. The van der Waals surface area contributed by atoms with Gasteiger partial charge in [0.15, 0.2) is 5.82 Å². The van der Waals surface area contributed by atoms with E-state index in [0.717, 1.165) is 33.7 Å². The molecule has 0 bridgehead atoms. The zero-order chi connectivity index (χ0) is 18.6. The topological polar surface area (TPSA) is 89.7 Å². The van der Waals surface area contributed by atoms with Crippen molar-refractivity contribution in [3.63, 3.8) is 0 Å². The molecule has 0 aliphatic heterocycles. The Morgan fingerprint density at radius 1 is 0.926 bits per heavy atom. The number of para-hydroxylation sites is 1. The van der Waals surface area contributed by atoms with Gasteiger partial charge >= 0.3 is 0 Å². The molecule has 6 nitrogen and oxygen atoms in total. The summed E-state index contributed by atoms with van der Waals surface area (Å²) in [7, 11) is 0. The van der Waals surface area contributed by atoms with E-state index in [4.69, 9.17) is 10.5 Å². The largest absolute Gasteiger partial charge is 0.488 e. The van der Waals surface area contributed by atoms with Crippen LogP contribution in [0.2, 0.25) is 0 Å². The number of anilines is 1. The maximum atomic E-state index is 6.05. The molecule has 2 aromatic carbocycles. The molecule has 3 N–H and O–H groups in total. The highest BCUT2D eigenvalue weighted by Crippen LogP contribution is 2.33. The number of hydrogen-bond donors (Lipinski definition) is 2. The normalized spacial score (nSPS) is 10.7. The molecule has 0 saturated carbocycles. The number of aromatic nitrogens is 4. The van der Waals surface area contributed by atoms with Gasteiger partial charge in [-0.1, -0.05) is 42.5 Å². The first-order valence-corrected chi connectivity index (χ1v) is 8.62. The van der Waals surface area contributed by atoms with Gasteiger partial charge in [0.05, 0.1) is 11.4 Å². The predicted molar refractivity (Wildman–Crippen MR) is 105 cm³/mol. The quantitative estimate of drug-likeness (QED) is 0.563. The lowest BCUT2D eigenvalue weighted by Crippen LogP contribution is -2.01. The van der Waals surface area contributed by atoms with Gasteiger partial charge in [0, 0.05) is 22.9 Å². The fraction of sp³-hybridized carbons (Fsp3) is 0.0952. The lowest BCUT2D eigenvalue weighted by atomic mass is 10.0. The number of nitrogens with zero attached hydrogens (tertiary/aromatic N) is 3. The minimum absolute atomic E-state index is 0.367. The molecule has 2 heterocycles. The highest BCUT2D eigenvalue weighted by molar-refractivity contribution is 5.79. The molecule has 27 heavy (non-hydrogen) atoms. The number of aryl methyl sites for hydroxylation is 1. The molecule has 134 valence electrons. The van der Waals surface area contributed by atoms with Gasteiger partial charge in [-0.2, -0.15) is 5.10 Å². The molecule has 0 amide bonds. The second kappa shape index (κ2) is 7.29. The number of rotatable bonds is 5. The smallest absolute Gasteiger partial charge is 0.154 e. The van der Waals surface area contributed by atoms with Crippen molar-refractivity contribution in [3.8, 4) is 28.1 Å². The monoisotopic (exact) mass is 357 g/mol. The average molecular weight is 357 g/mol. The summed E-state index contributed by atoms with van der Waals surface area (Å²) in [5.41, 5.74) is 11.3. The summed E-state index contributed by atoms with van der Waals surface area (Å²) in [5, 5.41) is 15.4. The second-order valence-corrected chi connectivity index (χ2v) is 6.18. The predicted octanol–water partition coefficient (Wildman–Crippen LogP) is 4.00.